The van der Waals surface area contributed by atoms with Crippen LogP contribution in [-0.2, 0) is 0 Å². The number of carbonyl (C=O) groups is 1. The van der Waals surface area contributed by atoms with Crippen LogP contribution < -0.4 is 14.9 Å². The predicted molar refractivity (Wildman–Crippen MR) is 111 cm³/mol. The minimum Gasteiger partial charge on any atom is -0.497 e. The number of nitrogens with one attached hydrogen (secondary N) is 1. The first kappa shape index (κ1) is 20.0. The highest BCUT2D eigenvalue weighted by atomic mass is 16.5. The number of amides is 1. The van der Waals surface area contributed by atoms with Crippen LogP contribution in [0.4, 0.5) is 0 Å². The number of aromatic nitrogens is 2. The van der Waals surface area contributed by atoms with Crippen LogP contribution in [0.25, 0.3) is 11.3 Å². The molecule has 0 spiro atoms. The number of hydrogen-bond acceptors (Lipinski definition) is 6. The number of carbonyl (C=O) groups excluding carboxylic acids is 1. The maximum atomic E-state index is 12.4. The van der Waals surface area contributed by atoms with Gasteiger partial charge in [0.05, 0.1) is 37.5 Å². The van der Waals surface area contributed by atoms with Crippen molar-refractivity contribution in [2.75, 3.05) is 7.11 Å². The van der Waals surface area contributed by atoms with Crippen LogP contribution in [0.5, 0.6) is 11.5 Å². The topological polar surface area (TPSA) is 85.7 Å². The summed E-state index contributed by atoms with van der Waals surface area (Å²) in [5.41, 5.74) is 4.82. The van der Waals surface area contributed by atoms with Crippen LogP contribution in [0.15, 0.2) is 66.0 Å². The van der Waals surface area contributed by atoms with Crippen LogP contribution in [0.3, 0.4) is 0 Å². The summed E-state index contributed by atoms with van der Waals surface area (Å²) >= 11 is 0. The molecule has 0 aliphatic heterocycles. The lowest BCUT2D eigenvalue weighted by atomic mass is 10.1. The van der Waals surface area contributed by atoms with E-state index in [-0.39, 0.29) is 11.8 Å². The lowest BCUT2D eigenvalue weighted by Gasteiger charge is -2.11. The van der Waals surface area contributed by atoms with Crippen LogP contribution >= 0.6 is 0 Å². The van der Waals surface area contributed by atoms with E-state index in [2.05, 4.69) is 20.5 Å². The van der Waals surface area contributed by atoms with Gasteiger partial charge in [0.25, 0.3) is 5.91 Å². The van der Waals surface area contributed by atoms with E-state index in [4.69, 9.17) is 9.47 Å². The van der Waals surface area contributed by atoms with E-state index in [0.29, 0.717) is 11.4 Å². The Balaban J connectivity index is 1.71. The summed E-state index contributed by atoms with van der Waals surface area (Å²) in [4.78, 5) is 20.9. The molecule has 0 radical (unpaired) electrons. The molecule has 2 aromatic carbocycles. The van der Waals surface area contributed by atoms with Gasteiger partial charge in [-0.1, -0.05) is 12.1 Å². The minimum atomic E-state index is -0.452. The summed E-state index contributed by atoms with van der Waals surface area (Å²) in [6, 6.07) is 14.8. The zero-order chi connectivity index (χ0) is 20.6. The Morgan fingerprint density at radius 1 is 1.10 bits per heavy atom. The molecule has 29 heavy (non-hydrogen) atoms. The highest BCUT2D eigenvalue weighted by Gasteiger charge is 2.10. The van der Waals surface area contributed by atoms with Crippen molar-refractivity contribution >= 4 is 12.1 Å². The van der Waals surface area contributed by atoms with Crippen LogP contribution in [0.2, 0.25) is 0 Å². The number of ether oxygens (including phenoxy) is 2. The summed E-state index contributed by atoms with van der Waals surface area (Å²) in [5, 5.41) is 4.02. The van der Waals surface area contributed by atoms with E-state index in [1.54, 1.807) is 13.3 Å². The standard InChI is InChI=1S/C22H22N4O3/c1-15(2)29-21-7-5-4-6-17(21)12-24-26-22(27)20-14-23-13-19(25-20)16-8-10-18(28-3)11-9-16/h4-15H,1-3H3,(H,26,27)/b24-12+. The Labute approximate surface area is 169 Å². The fraction of sp³-hybridized carbons (Fsp3) is 0.182. The molecule has 0 unspecified atom stereocenters. The third kappa shape index (κ3) is 5.38. The molecule has 1 N–H and O–H groups in total. The number of rotatable bonds is 7. The highest BCUT2D eigenvalue weighted by Crippen LogP contribution is 2.20. The smallest absolute Gasteiger partial charge is 0.291 e. The van der Waals surface area contributed by atoms with Crippen LogP contribution in [-0.4, -0.2) is 35.3 Å². The molecule has 1 aromatic heterocycles. The van der Waals surface area contributed by atoms with E-state index in [1.165, 1.54) is 12.4 Å². The van der Waals surface area contributed by atoms with Gasteiger partial charge in [-0.2, -0.15) is 5.10 Å². The molecular formula is C22H22N4O3. The summed E-state index contributed by atoms with van der Waals surface area (Å²) in [5.74, 6) is 0.986. The molecule has 0 aliphatic rings. The van der Waals surface area contributed by atoms with Gasteiger partial charge in [-0.25, -0.2) is 10.4 Å². The Kier molecular flexibility index (Phi) is 6.52. The molecule has 3 aromatic rings. The molecule has 1 amide bonds. The first-order chi connectivity index (χ1) is 14.1. The van der Waals surface area contributed by atoms with Crippen molar-refractivity contribution in [1.82, 2.24) is 15.4 Å². The summed E-state index contributed by atoms with van der Waals surface area (Å²) < 4.78 is 10.9. The van der Waals surface area contributed by atoms with Crippen LogP contribution in [0.1, 0.15) is 29.9 Å². The number of benzene rings is 2. The lowest BCUT2D eigenvalue weighted by molar-refractivity contribution is 0.0950. The molecule has 7 heteroatoms. The first-order valence-corrected chi connectivity index (χ1v) is 9.12. The molecule has 7 nitrogen and oxygen atoms in total. The quantitative estimate of drug-likeness (QED) is 0.491. The minimum absolute atomic E-state index is 0.0371. The summed E-state index contributed by atoms with van der Waals surface area (Å²) in [7, 11) is 1.60. The van der Waals surface area contributed by atoms with Crippen LogP contribution in [0, 0.1) is 0 Å². The van der Waals surface area contributed by atoms with Crippen molar-refractivity contribution < 1.29 is 14.3 Å². The molecule has 0 bridgehead atoms. The number of para-hydroxylation sites is 1. The molecule has 0 fully saturated rings. The molecule has 0 saturated heterocycles. The largest absolute Gasteiger partial charge is 0.497 e. The van der Waals surface area contributed by atoms with Gasteiger partial charge in [0.15, 0.2) is 0 Å². The second-order valence-electron chi connectivity index (χ2n) is 6.42. The van der Waals surface area contributed by atoms with E-state index in [1.807, 2.05) is 62.4 Å². The van der Waals surface area contributed by atoms with Gasteiger partial charge in [0.2, 0.25) is 0 Å². The number of methoxy groups -OCH3 is 1. The third-order valence-corrected chi connectivity index (χ3v) is 3.90. The number of hydrogen-bond donors (Lipinski definition) is 1. The summed E-state index contributed by atoms with van der Waals surface area (Å²) in [6.45, 7) is 3.90. The second kappa shape index (κ2) is 9.45. The summed E-state index contributed by atoms with van der Waals surface area (Å²) in [6.07, 6.45) is 4.57. The normalized spacial score (nSPS) is 10.9. The average Bonchev–Trinajstić information content (AvgIpc) is 2.74. The first-order valence-electron chi connectivity index (χ1n) is 9.12. The SMILES string of the molecule is COc1ccc(-c2cncc(C(=O)N/N=C/c3ccccc3OC(C)C)n2)cc1. The lowest BCUT2D eigenvalue weighted by Crippen LogP contribution is -2.19. The second-order valence-corrected chi connectivity index (χ2v) is 6.42. The van der Waals surface area contributed by atoms with Crippen molar-refractivity contribution in [2.24, 2.45) is 5.10 Å². The third-order valence-electron chi connectivity index (χ3n) is 3.90. The molecular weight excluding hydrogens is 368 g/mol. The number of nitrogens with zero attached hydrogens (tertiary/aromatic N) is 3. The molecule has 0 atom stereocenters. The Hall–Kier alpha value is -3.74. The molecule has 0 aliphatic carbocycles. The van der Waals surface area contributed by atoms with E-state index < -0.39 is 5.91 Å². The van der Waals surface area contributed by atoms with Crippen molar-refractivity contribution in [3.63, 3.8) is 0 Å². The van der Waals surface area contributed by atoms with Gasteiger partial charge < -0.3 is 9.47 Å². The predicted octanol–water partition coefficient (Wildman–Crippen LogP) is 3.70. The van der Waals surface area contributed by atoms with Gasteiger partial charge in [0, 0.05) is 11.1 Å². The fourth-order valence-electron chi connectivity index (χ4n) is 2.54. The zero-order valence-corrected chi connectivity index (χ0v) is 16.5. The Morgan fingerprint density at radius 2 is 1.86 bits per heavy atom. The maximum absolute atomic E-state index is 12.4. The Morgan fingerprint density at radius 3 is 2.59 bits per heavy atom. The number of hydrazone groups is 1. The van der Waals surface area contributed by atoms with Gasteiger partial charge in [0.1, 0.15) is 17.2 Å². The van der Waals surface area contributed by atoms with Gasteiger partial charge in [-0.15, -0.1) is 0 Å². The van der Waals surface area contributed by atoms with E-state index in [9.17, 15) is 4.79 Å². The fourth-order valence-corrected chi connectivity index (χ4v) is 2.54. The molecule has 3 rings (SSSR count). The molecule has 148 valence electrons. The van der Waals surface area contributed by atoms with Gasteiger partial charge >= 0.3 is 0 Å². The highest BCUT2D eigenvalue weighted by molar-refractivity contribution is 5.93. The van der Waals surface area contributed by atoms with E-state index in [0.717, 1.165) is 16.9 Å². The Bertz CT molecular complexity index is 1000. The van der Waals surface area contributed by atoms with Gasteiger partial charge in [-0.3, -0.25) is 9.78 Å². The van der Waals surface area contributed by atoms with Crippen molar-refractivity contribution in [2.45, 2.75) is 20.0 Å². The average molecular weight is 390 g/mol. The van der Waals surface area contributed by atoms with Crippen molar-refractivity contribution in [3.05, 3.63) is 72.2 Å². The zero-order valence-electron chi connectivity index (χ0n) is 16.5. The van der Waals surface area contributed by atoms with Gasteiger partial charge in [-0.05, 0) is 50.2 Å². The van der Waals surface area contributed by atoms with E-state index >= 15 is 0 Å². The maximum Gasteiger partial charge on any atom is 0.291 e. The molecule has 0 saturated carbocycles. The monoisotopic (exact) mass is 390 g/mol. The molecule has 1 heterocycles. The van der Waals surface area contributed by atoms with Crippen molar-refractivity contribution in [1.29, 1.82) is 0 Å². The van der Waals surface area contributed by atoms with Crippen molar-refractivity contribution in [3.8, 4) is 22.8 Å².